The quantitative estimate of drug-likeness (QED) is 0.594. The Morgan fingerprint density at radius 3 is 3.04 bits per heavy atom. The van der Waals surface area contributed by atoms with E-state index in [1.165, 1.54) is 23.5 Å². The number of pyridine rings is 2. The predicted molar refractivity (Wildman–Crippen MR) is 107 cm³/mol. The molecule has 0 unspecified atom stereocenters. The van der Waals surface area contributed by atoms with Crippen molar-refractivity contribution in [2.45, 2.75) is 18.9 Å². The largest absolute Gasteiger partial charge is 0.366 e. The smallest absolute Gasteiger partial charge is 0.274 e. The van der Waals surface area contributed by atoms with Gasteiger partial charge >= 0.3 is 0 Å². The standard InChI is InChI=1S/C17H16BrFN6OS/c18-15-10(19)3-4-11(23-15)16(26)24-12-6-21-17-13(22-8-27-17)14(12)25-5-1-2-9(20)7-25/h3-4,6,8-9H,1-2,5,7,20H2,(H,24,26)/t9-/m0/s1. The lowest BCUT2D eigenvalue weighted by molar-refractivity contribution is 0.102. The van der Waals surface area contributed by atoms with E-state index in [2.05, 4.69) is 41.1 Å². The summed E-state index contributed by atoms with van der Waals surface area (Å²) in [6.07, 6.45) is 3.55. The van der Waals surface area contributed by atoms with Crippen LogP contribution in [0.2, 0.25) is 0 Å². The summed E-state index contributed by atoms with van der Waals surface area (Å²) in [6.45, 7) is 1.51. The van der Waals surface area contributed by atoms with Crippen LogP contribution in [0.15, 0.2) is 28.4 Å². The topological polar surface area (TPSA) is 97.0 Å². The van der Waals surface area contributed by atoms with Gasteiger partial charge in [-0.1, -0.05) is 0 Å². The second-order valence-electron chi connectivity index (χ2n) is 6.30. The molecular formula is C17H16BrFN6OS. The van der Waals surface area contributed by atoms with Crippen molar-refractivity contribution in [1.82, 2.24) is 15.0 Å². The maximum absolute atomic E-state index is 13.4. The zero-order valence-electron chi connectivity index (χ0n) is 14.2. The summed E-state index contributed by atoms with van der Waals surface area (Å²) in [6, 6.07) is 2.60. The van der Waals surface area contributed by atoms with Gasteiger partial charge in [-0.25, -0.2) is 19.3 Å². The minimum atomic E-state index is -0.528. The number of nitrogens with two attached hydrogens (primary N) is 1. The molecule has 1 aliphatic rings. The summed E-state index contributed by atoms with van der Waals surface area (Å²) in [5.74, 6) is -0.977. The number of hydrogen-bond acceptors (Lipinski definition) is 7. The molecule has 140 valence electrons. The van der Waals surface area contributed by atoms with Crippen molar-refractivity contribution in [2.75, 3.05) is 23.3 Å². The number of halogens is 2. The third-order valence-electron chi connectivity index (χ3n) is 4.40. The number of anilines is 2. The minimum absolute atomic E-state index is 0.00884. The van der Waals surface area contributed by atoms with Crippen LogP contribution in [0.5, 0.6) is 0 Å². The van der Waals surface area contributed by atoms with Gasteiger partial charge in [0.05, 0.1) is 23.1 Å². The highest BCUT2D eigenvalue weighted by Crippen LogP contribution is 2.35. The average Bonchev–Trinajstić information content (AvgIpc) is 3.12. The Hall–Kier alpha value is -2.17. The third-order valence-corrected chi connectivity index (χ3v) is 5.69. The van der Waals surface area contributed by atoms with E-state index in [9.17, 15) is 9.18 Å². The molecule has 1 amide bonds. The average molecular weight is 451 g/mol. The molecule has 0 aliphatic carbocycles. The van der Waals surface area contributed by atoms with Crippen LogP contribution in [0, 0.1) is 5.82 Å². The molecule has 3 aromatic heterocycles. The number of nitrogens with one attached hydrogen (secondary N) is 1. The van der Waals surface area contributed by atoms with Gasteiger partial charge in [-0.15, -0.1) is 11.3 Å². The number of hydrogen-bond donors (Lipinski definition) is 2. The van der Waals surface area contributed by atoms with Gasteiger partial charge < -0.3 is 16.0 Å². The Balaban J connectivity index is 1.71. The van der Waals surface area contributed by atoms with E-state index < -0.39 is 11.7 Å². The number of thiazole rings is 1. The molecule has 3 N–H and O–H groups in total. The minimum Gasteiger partial charge on any atom is -0.366 e. The van der Waals surface area contributed by atoms with Crippen molar-refractivity contribution in [3.05, 3.63) is 40.0 Å². The molecule has 3 aromatic rings. The van der Waals surface area contributed by atoms with Crippen LogP contribution in [0.1, 0.15) is 23.3 Å². The van der Waals surface area contributed by atoms with Crippen molar-refractivity contribution in [2.24, 2.45) is 5.73 Å². The summed E-state index contributed by atoms with van der Waals surface area (Å²) in [4.78, 5) is 28.3. The Morgan fingerprint density at radius 2 is 2.26 bits per heavy atom. The molecule has 1 fully saturated rings. The summed E-state index contributed by atoms with van der Waals surface area (Å²) in [5.41, 5.74) is 10.1. The van der Waals surface area contributed by atoms with Gasteiger partial charge in [0.2, 0.25) is 0 Å². The first-order valence-corrected chi connectivity index (χ1v) is 10.1. The van der Waals surface area contributed by atoms with E-state index in [1.807, 2.05) is 0 Å². The van der Waals surface area contributed by atoms with Gasteiger partial charge in [0.1, 0.15) is 20.6 Å². The second kappa shape index (κ2) is 7.45. The van der Waals surface area contributed by atoms with E-state index in [0.29, 0.717) is 12.2 Å². The van der Waals surface area contributed by atoms with E-state index in [0.717, 1.165) is 35.4 Å². The molecule has 1 aliphatic heterocycles. The number of carbonyl (C=O) groups is 1. The number of amides is 1. The van der Waals surface area contributed by atoms with Gasteiger partial charge in [0.15, 0.2) is 5.82 Å². The first kappa shape index (κ1) is 18.2. The lowest BCUT2D eigenvalue weighted by atomic mass is 10.1. The highest BCUT2D eigenvalue weighted by Gasteiger charge is 2.24. The molecule has 0 saturated carbocycles. The van der Waals surface area contributed by atoms with Crippen LogP contribution in [-0.4, -0.2) is 40.0 Å². The molecule has 4 heterocycles. The van der Waals surface area contributed by atoms with Crippen molar-refractivity contribution >= 4 is 54.9 Å². The molecule has 0 spiro atoms. The van der Waals surface area contributed by atoms with Gasteiger partial charge in [-0.3, -0.25) is 4.79 Å². The first-order chi connectivity index (χ1) is 13.0. The van der Waals surface area contributed by atoms with E-state index in [1.54, 1.807) is 11.7 Å². The van der Waals surface area contributed by atoms with Crippen molar-refractivity contribution in [1.29, 1.82) is 0 Å². The van der Waals surface area contributed by atoms with Crippen LogP contribution in [0.3, 0.4) is 0 Å². The lowest BCUT2D eigenvalue weighted by Gasteiger charge is -2.33. The second-order valence-corrected chi connectivity index (χ2v) is 7.88. The Morgan fingerprint density at radius 1 is 1.41 bits per heavy atom. The van der Waals surface area contributed by atoms with Crippen molar-refractivity contribution in [3.8, 4) is 0 Å². The molecule has 1 atom stereocenters. The molecular weight excluding hydrogens is 435 g/mol. The Bertz CT molecular complexity index is 1010. The zero-order valence-corrected chi connectivity index (χ0v) is 16.6. The number of fused-ring (bicyclic) bond motifs is 1. The molecule has 4 rings (SSSR count). The number of nitrogens with zero attached hydrogens (tertiary/aromatic N) is 4. The highest BCUT2D eigenvalue weighted by atomic mass is 79.9. The summed E-state index contributed by atoms with van der Waals surface area (Å²) >= 11 is 4.44. The number of carbonyl (C=O) groups excluding carboxylic acids is 1. The maximum atomic E-state index is 13.4. The van der Waals surface area contributed by atoms with Crippen LogP contribution >= 0.6 is 27.3 Å². The Kier molecular flexibility index (Phi) is 5.02. The Labute approximate surface area is 166 Å². The van der Waals surface area contributed by atoms with Crippen LogP contribution in [0.25, 0.3) is 10.3 Å². The third kappa shape index (κ3) is 3.64. The molecule has 0 aromatic carbocycles. The van der Waals surface area contributed by atoms with Crippen molar-refractivity contribution < 1.29 is 9.18 Å². The lowest BCUT2D eigenvalue weighted by Crippen LogP contribution is -2.43. The fourth-order valence-electron chi connectivity index (χ4n) is 3.16. The van der Waals surface area contributed by atoms with E-state index in [4.69, 9.17) is 5.73 Å². The summed E-state index contributed by atoms with van der Waals surface area (Å²) in [5, 5.41) is 2.84. The normalized spacial score (nSPS) is 17.3. The summed E-state index contributed by atoms with van der Waals surface area (Å²) in [7, 11) is 0. The van der Waals surface area contributed by atoms with E-state index in [-0.39, 0.29) is 16.3 Å². The molecule has 0 bridgehead atoms. The molecule has 1 saturated heterocycles. The number of aromatic nitrogens is 3. The molecule has 7 nitrogen and oxygen atoms in total. The van der Waals surface area contributed by atoms with Gasteiger partial charge in [0, 0.05) is 19.1 Å². The summed E-state index contributed by atoms with van der Waals surface area (Å²) < 4.78 is 13.4. The van der Waals surface area contributed by atoms with Gasteiger partial charge in [-0.05, 0) is 40.9 Å². The van der Waals surface area contributed by atoms with E-state index >= 15 is 0 Å². The SMILES string of the molecule is N[C@H]1CCCN(c2c(NC(=O)c3ccc(F)c(Br)n3)cnc3scnc23)C1. The highest BCUT2D eigenvalue weighted by molar-refractivity contribution is 9.10. The fourth-order valence-corrected chi connectivity index (χ4v) is 4.12. The predicted octanol–water partition coefficient (Wildman–Crippen LogP) is 3.17. The molecule has 0 radical (unpaired) electrons. The number of piperidine rings is 1. The van der Waals surface area contributed by atoms with Gasteiger partial charge in [0.25, 0.3) is 5.91 Å². The van der Waals surface area contributed by atoms with Gasteiger partial charge in [-0.2, -0.15) is 0 Å². The van der Waals surface area contributed by atoms with Crippen LogP contribution in [0.4, 0.5) is 15.8 Å². The zero-order chi connectivity index (χ0) is 19.0. The first-order valence-electron chi connectivity index (χ1n) is 8.39. The van der Waals surface area contributed by atoms with Crippen LogP contribution < -0.4 is 16.0 Å². The molecule has 10 heteroatoms. The number of rotatable bonds is 3. The fraction of sp³-hybridized carbons (Fsp3) is 0.294. The molecule has 27 heavy (non-hydrogen) atoms. The van der Waals surface area contributed by atoms with Crippen molar-refractivity contribution in [3.63, 3.8) is 0 Å². The maximum Gasteiger partial charge on any atom is 0.274 e. The monoisotopic (exact) mass is 450 g/mol. The van der Waals surface area contributed by atoms with Crippen LogP contribution in [-0.2, 0) is 0 Å².